The quantitative estimate of drug-likeness (QED) is 0.246. The number of methoxy groups -OCH3 is 1. The second-order valence-corrected chi connectivity index (χ2v) is 7.68. The largest absolute Gasteiger partial charge is 0.493 e. The van der Waals surface area contributed by atoms with Crippen LogP contribution in [0.2, 0.25) is 0 Å². The Morgan fingerprint density at radius 2 is 1.82 bits per heavy atom. The minimum atomic E-state index is -0.535. The molecule has 0 N–H and O–H groups in total. The summed E-state index contributed by atoms with van der Waals surface area (Å²) in [5, 5.41) is 11.5. The summed E-state index contributed by atoms with van der Waals surface area (Å²) in [4.78, 5) is 22.8. The molecule has 28 heavy (non-hydrogen) atoms. The fourth-order valence-corrected chi connectivity index (χ4v) is 2.59. The number of benzene rings is 1. The summed E-state index contributed by atoms with van der Waals surface area (Å²) in [6.45, 7) is 11.1. The molecule has 158 valence electrons. The van der Waals surface area contributed by atoms with E-state index in [1.54, 1.807) is 33.8 Å². The summed E-state index contributed by atoms with van der Waals surface area (Å²) >= 11 is 0. The zero-order valence-electron chi connectivity index (χ0n) is 17.7. The zero-order valence-corrected chi connectivity index (χ0v) is 17.7. The highest BCUT2D eigenvalue weighted by Crippen LogP contribution is 2.38. The molecule has 1 unspecified atom stereocenters. The number of carbonyl (C=O) groups is 1. The van der Waals surface area contributed by atoms with Gasteiger partial charge in [0.05, 0.1) is 42.5 Å². The lowest BCUT2D eigenvalue weighted by Crippen LogP contribution is -2.24. The predicted molar refractivity (Wildman–Crippen MR) is 105 cm³/mol. The van der Waals surface area contributed by atoms with Crippen molar-refractivity contribution in [2.75, 3.05) is 13.7 Å². The van der Waals surface area contributed by atoms with Gasteiger partial charge < -0.3 is 18.9 Å². The summed E-state index contributed by atoms with van der Waals surface area (Å²) in [5.41, 5.74) is -0.223. The third kappa shape index (κ3) is 7.72. The minimum Gasteiger partial charge on any atom is -0.493 e. The molecule has 0 aliphatic carbocycles. The van der Waals surface area contributed by atoms with E-state index in [2.05, 4.69) is 0 Å². The number of esters is 1. The standard InChI is InChI=1S/C20H31NO7/c1-13(2)27-14(3)15-11-17(25-7)18(12-16(15)21(23)24)26-10-8-9-19(22)28-20(4,5)6/h11-14H,8-10H2,1-7H3. The molecule has 0 spiro atoms. The van der Waals surface area contributed by atoms with E-state index < -0.39 is 16.6 Å². The number of nitro groups is 1. The number of nitro benzene ring substituents is 1. The van der Waals surface area contributed by atoms with E-state index in [9.17, 15) is 14.9 Å². The molecule has 1 aromatic rings. The molecular weight excluding hydrogens is 366 g/mol. The molecule has 1 aromatic carbocycles. The molecule has 0 amide bonds. The molecule has 1 atom stereocenters. The molecule has 0 aliphatic heterocycles. The van der Waals surface area contributed by atoms with E-state index in [1.807, 2.05) is 13.8 Å². The molecular formula is C20H31NO7. The van der Waals surface area contributed by atoms with Crippen molar-refractivity contribution in [1.29, 1.82) is 0 Å². The van der Waals surface area contributed by atoms with Crippen molar-refractivity contribution in [3.8, 4) is 11.5 Å². The van der Waals surface area contributed by atoms with Gasteiger partial charge in [0, 0.05) is 6.42 Å². The first-order valence-electron chi connectivity index (χ1n) is 9.31. The van der Waals surface area contributed by atoms with Crippen molar-refractivity contribution < 1.29 is 28.7 Å². The van der Waals surface area contributed by atoms with Gasteiger partial charge >= 0.3 is 5.97 Å². The summed E-state index contributed by atoms with van der Waals surface area (Å²) in [5.74, 6) is 0.306. The number of carbonyl (C=O) groups excluding carboxylic acids is 1. The first-order valence-corrected chi connectivity index (χ1v) is 9.31. The van der Waals surface area contributed by atoms with Crippen molar-refractivity contribution in [2.45, 2.75) is 72.2 Å². The van der Waals surface area contributed by atoms with Gasteiger partial charge in [-0.15, -0.1) is 0 Å². The molecule has 0 saturated carbocycles. The number of ether oxygens (including phenoxy) is 4. The molecule has 8 nitrogen and oxygen atoms in total. The van der Waals surface area contributed by atoms with E-state index >= 15 is 0 Å². The van der Waals surface area contributed by atoms with E-state index in [0.29, 0.717) is 17.7 Å². The van der Waals surface area contributed by atoms with Crippen LogP contribution in [0.15, 0.2) is 12.1 Å². The minimum absolute atomic E-state index is 0.0793. The maximum absolute atomic E-state index is 11.7. The van der Waals surface area contributed by atoms with Crippen molar-refractivity contribution >= 4 is 11.7 Å². The van der Waals surface area contributed by atoms with Crippen LogP contribution in [0.5, 0.6) is 11.5 Å². The van der Waals surface area contributed by atoms with Gasteiger partial charge in [0.2, 0.25) is 0 Å². The number of hydrogen-bond donors (Lipinski definition) is 0. The lowest BCUT2D eigenvalue weighted by molar-refractivity contribution is -0.386. The van der Waals surface area contributed by atoms with E-state index in [1.165, 1.54) is 13.2 Å². The van der Waals surface area contributed by atoms with Gasteiger partial charge in [-0.05, 0) is 54.0 Å². The summed E-state index contributed by atoms with van der Waals surface area (Å²) in [7, 11) is 1.46. The van der Waals surface area contributed by atoms with Crippen molar-refractivity contribution in [2.24, 2.45) is 0 Å². The van der Waals surface area contributed by atoms with Crippen LogP contribution < -0.4 is 9.47 Å². The summed E-state index contributed by atoms with van der Waals surface area (Å²) in [6.07, 6.45) is 0.0550. The molecule has 0 aromatic heterocycles. The van der Waals surface area contributed by atoms with Crippen molar-refractivity contribution in [1.82, 2.24) is 0 Å². The Bertz CT molecular complexity index is 680. The number of nitrogens with zero attached hydrogens (tertiary/aromatic N) is 1. The Kier molecular flexibility index (Phi) is 8.68. The Morgan fingerprint density at radius 3 is 2.32 bits per heavy atom. The van der Waals surface area contributed by atoms with Gasteiger partial charge in [0.15, 0.2) is 11.5 Å². The van der Waals surface area contributed by atoms with Gasteiger partial charge in [-0.25, -0.2) is 0 Å². The second kappa shape index (κ2) is 10.3. The van der Waals surface area contributed by atoms with Gasteiger partial charge in [0.1, 0.15) is 5.60 Å². The maximum atomic E-state index is 11.7. The Labute approximate surface area is 166 Å². The fraction of sp³-hybridized carbons (Fsp3) is 0.650. The van der Waals surface area contributed by atoms with Gasteiger partial charge in [-0.2, -0.15) is 0 Å². The molecule has 0 heterocycles. The summed E-state index contributed by atoms with van der Waals surface area (Å²) < 4.78 is 21.9. The third-order valence-electron chi connectivity index (χ3n) is 3.63. The Balaban J connectivity index is 2.87. The van der Waals surface area contributed by atoms with Gasteiger partial charge in [-0.3, -0.25) is 14.9 Å². The predicted octanol–water partition coefficient (Wildman–Crippen LogP) is 4.59. The van der Waals surface area contributed by atoms with Crippen LogP contribution in [0.1, 0.15) is 66.1 Å². The SMILES string of the molecule is COc1cc(C(C)OC(C)C)c([N+](=O)[O-])cc1OCCCC(=O)OC(C)(C)C. The van der Waals surface area contributed by atoms with Crippen LogP contribution >= 0.6 is 0 Å². The number of hydrogen-bond acceptors (Lipinski definition) is 7. The summed E-state index contributed by atoms with van der Waals surface area (Å²) in [6, 6.07) is 2.90. The van der Waals surface area contributed by atoms with Gasteiger partial charge in [0.25, 0.3) is 5.69 Å². The monoisotopic (exact) mass is 397 g/mol. The van der Waals surface area contributed by atoms with E-state index in [4.69, 9.17) is 18.9 Å². The Morgan fingerprint density at radius 1 is 1.18 bits per heavy atom. The fourth-order valence-electron chi connectivity index (χ4n) is 2.59. The number of rotatable bonds is 10. The normalized spacial score (nSPS) is 12.6. The maximum Gasteiger partial charge on any atom is 0.306 e. The average Bonchev–Trinajstić information content (AvgIpc) is 2.55. The average molecular weight is 397 g/mol. The highest BCUT2D eigenvalue weighted by Gasteiger charge is 2.25. The van der Waals surface area contributed by atoms with E-state index in [0.717, 1.165) is 0 Å². The zero-order chi connectivity index (χ0) is 21.5. The molecule has 0 radical (unpaired) electrons. The molecule has 0 saturated heterocycles. The topological polar surface area (TPSA) is 97.1 Å². The Hall–Kier alpha value is -2.35. The first-order chi connectivity index (χ1) is 12.9. The highest BCUT2D eigenvalue weighted by atomic mass is 16.6. The van der Waals surface area contributed by atoms with Crippen LogP contribution in [-0.2, 0) is 14.3 Å². The lowest BCUT2D eigenvalue weighted by atomic mass is 10.1. The third-order valence-corrected chi connectivity index (χ3v) is 3.63. The van der Waals surface area contributed by atoms with Gasteiger partial charge in [-0.1, -0.05) is 0 Å². The van der Waals surface area contributed by atoms with Crippen molar-refractivity contribution in [3.63, 3.8) is 0 Å². The smallest absolute Gasteiger partial charge is 0.306 e. The van der Waals surface area contributed by atoms with Crippen LogP contribution in [0.3, 0.4) is 0 Å². The lowest BCUT2D eigenvalue weighted by Gasteiger charge is -2.20. The van der Waals surface area contributed by atoms with E-state index in [-0.39, 0.29) is 36.5 Å². The van der Waals surface area contributed by atoms with Crippen LogP contribution in [0, 0.1) is 10.1 Å². The molecule has 1 rings (SSSR count). The van der Waals surface area contributed by atoms with Crippen LogP contribution in [0.25, 0.3) is 0 Å². The highest BCUT2D eigenvalue weighted by molar-refractivity contribution is 5.69. The van der Waals surface area contributed by atoms with Crippen LogP contribution in [0.4, 0.5) is 5.69 Å². The second-order valence-electron chi connectivity index (χ2n) is 7.68. The molecule has 0 bridgehead atoms. The van der Waals surface area contributed by atoms with Crippen molar-refractivity contribution in [3.05, 3.63) is 27.8 Å². The molecule has 0 aliphatic rings. The first kappa shape index (κ1) is 23.7. The molecule has 8 heteroatoms. The van der Waals surface area contributed by atoms with Crippen LogP contribution in [-0.4, -0.2) is 36.3 Å². The molecule has 0 fully saturated rings.